The average Bonchev–Trinajstić information content (AvgIpc) is 2.75. The third-order valence-corrected chi connectivity index (χ3v) is 3.06. The van der Waals surface area contributed by atoms with Gasteiger partial charge in [0.1, 0.15) is 0 Å². The number of carbonyl (C=O) groups excluding carboxylic acids is 1. The van der Waals surface area contributed by atoms with Crippen LogP contribution in [0.15, 0.2) is 36.4 Å². The predicted molar refractivity (Wildman–Crippen MR) is 75.2 cm³/mol. The van der Waals surface area contributed by atoms with Crippen LogP contribution in [0.3, 0.4) is 0 Å². The highest BCUT2D eigenvalue weighted by atomic mass is 16.1. The summed E-state index contributed by atoms with van der Waals surface area (Å²) in [4.78, 5) is 11.9. The third-order valence-electron chi connectivity index (χ3n) is 3.06. The Bertz CT molecular complexity index is 560. The molecule has 1 atom stereocenters. The molecule has 0 saturated heterocycles. The molecule has 0 fully saturated rings. The van der Waals surface area contributed by atoms with Crippen LogP contribution >= 0.6 is 0 Å². The Balaban J connectivity index is 1.96. The van der Waals surface area contributed by atoms with Gasteiger partial charge in [0.25, 0.3) is 5.91 Å². The summed E-state index contributed by atoms with van der Waals surface area (Å²) in [5, 5.41) is 7.36. The lowest BCUT2D eigenvalue weighted by Crippen LogP contribution is -2.30. The molecule has 4 nitrogen and oxygen atoms in total. The molecule has 0 aliphatic heterocycles. The summed E-state index contributed by atoms with van der Waals surface area (Å²) in [7, 11) is 0. The fraction of sp³-hybridized carbons (Fsp3) is 0.333. The summed E-state index contributed by atoms with van der Waals surface area (Å²) in [6, 6.07) is 11.4. The van der Waals surface area contributed by atoms with Crippen molar-refractivity contribution in [3.8, 4) is 0 Å². The van der Waals surface area contributed by atoms with Crippen LogP contribution in [0.2, 0.25) is 0 Å². The first-order valence-electron chi connectivity index (χ1n) is 6.44. The van der Waals surface area contributed by atoms with E-state index < -0.39 is 0 Å². The Morgan fingerprint density at radius 2 is 2.00 bits per heavy atom. The number of carbonyl (C=O) groups is 1. The molecule has 1 aromatic carbocycles. The van der Waals surface area contributed by atoms with Crippen LogP contribution in [0, 0.1) is 13.8 Å². The maximum absolute atomic E-state index is 11.9. The van der Waals surface area contributed by atoms with Crippen molar-refractivity contribution in [1.29, 1.82) is 0 Å². The minimum Gasteiger partial charge on any atom is -0.350 e. The quantitative estimate of drug-likeness (QED) is 0.914. The molecular weight excluding hydrogens is 238 g/mol. The second-order valence-electron chi connectivity index (χ2n) is 4.80. The molecule has 19 heavy (non-hydrogen) atoms. The van der Waals surface area contributed by atoms with Gasteiger partial charge in [-0.05, 0) is 39.0 Å². The fourth-order valence-corrected chi connectivity index (χ4v) is 2.11. The number of hydrogen-bond donors (Lipinski definition) is 1. The van der Waals surface area contributed by atoms with E-state index in [1.807, 2.05) is 61.9 Å². The van der Waals surface area contributed by atoms with Crippen LogP contribution in [0.1, 0.15) is 34.7 Å². The zero-order chi connectivity index (χ0) is 13.8. The van der Waals surface area contributed by atoms with E-state index in [9.17, 15) is 4.79 Å². The van der Waals surface area contributed by atoms with Crippen LogP contribution in [-0.4, -0.2) is 22.2 Å². The SMILES string of the molecule is Cc1cc(C)n([C@H](C)CNC(=O)c2ccccc2)n1. The zero-order valence-electron chi connectivity index (χ0n) is 11.6. The summed E-state index contributed by atoms with van der Waals surface area (Å²) in [5.41, 5.74) is 2.79. The molecule has 0 bridgehead atoms. The molecule has 4 heteroatoms. The minimum atomic E-state index is -0.0472. The number of rotatable bonds is 4. The minimum absolute atomic E-state index is 0.0472. The van der Waals surface area contributed by atoms with Gasteiger partial charge in [-0.25, -0.2) is 0 Å². The number of benzene rings is 1. The molecule has 1 N–H and O–H groups in total. The van der Waals surface area contributed by atoms with Crippen LogP contribution in [-0.2, 0) is 0 Å². The molecule has 0 unspecified atom stereocenters. The van der Waals surface area contributed by atoms with Crippen LogP contribution in [0.5, 0.6) is 0 Å². The predicted octanol–water partition coefficient (Wildman–Crippen LogP) is 2.49. The third kappa shape index (κ3) is 3.22. The van der Waals surface area contributed by atoms with Crippen molar-refractivity contribution in [3.63, 3.8) is 0 Å². The maximum atomic E-state index is 11.9. The highest BCUT2D eigenvalue weighted by molar-refractivity contribution is 5.94. The van der Waals surface area contributed by atoms with Gasteiger partial charge < -0.3 is 5.32 Å². The van der Waals surface area contributed by atoms with Crippen molar-refractivity contribution in [2.24, 2.45) is 0 Å². The van der Waals surface area contributed by atoms with E-state index in [1.165, 1.54) is 0 Å². The van der Waals surface area contributed by atoms with Crippen molar-refractivity contribution < 1.29 is 4.79 Å². The summed E-state index contributed by atoms with van der Waals surface area (Å²) in [5.74, 6) is -0.0472. The molecule has 0 aliphatic rings. The van der Waals surface area contributed by atoms with Gasteiger partial charge in [-0.3, -0.25) is 9.48 Å². The summed E-state index contributed by atoms with van der Waals surface area (Å²) >= 11 is 0. The normalized spacial score (nSPS) is 12.2. The second kappa shape index (κ2) is 5.69. The van der Waals surface area contributed by atoms with Crippen LogP contribution in [0.4, 0.5) is 0 Å². The van der Waals surface area contributed by atoms with Crippen molar-refractivity contribution >= 4 is 5.91 Å². The highest BCUT2D eigenvalue weighted by Gasteiger charge is 2.11. The smallest absolute Gasteiger partial charge is 0.251 e. The maximum Gasteiger partial charge on any atom is 0.251 e. The lowest BCUT2D eigenvalue weighted by atomic mass is 10.2. The van der Waals surface area contributed by atoms with Crippen molar-refractivity contribution in [1.82, 2.24) is 15.1 Å². The van der Waals surface area contributed by atoms with Gasteiger partial charge in [-0.1, -0.05) is 18.2 Å². The van der Waals surface area contributed by atoms with Gasteiger partial charge in [0, 0.05) is 17.8 Å². The van der Waals surface area contributed by atoms with Gasteiger partial charge in [-0.2, -0.15) is 5.10 Å². The fourth-order valence-electron chi connectivity index (χ4n) is 2.11. The Morgan fingerprint density at radius 3 is 2.58 bits per heavy atom. The van der Waals surface area contributed by atoms with Gasteiger partial charge in [0.2, 0.25) is 0 Å². The highest BCUT2D eigenvalue weighted by Crippen LogP contribution is 2.10. The Kier molecular flexibility index (Phi) is 4.00. The first kappa shape index (κ1) is 13.3. The van der Waals surface area contributed by atoms with Crippen LogP contribution in [0.25, 0.3) is 0 Å². The monoisotopic (exact) mass is 257 g/mol. The molecule has 1 aromatic heterocycles. The molecule has 0 saturated carbocycles. The van der Waals surface area contributed by atoms with Crippen molar-refractivity contribution in [2.75, 3.05) is 6.54 Å². The van der Waals surface area contributed by atoms with Crippen molar-refractivity contribution in [3.05, 3.63) is 53.3 Å². The summed E-state index contributed by atoms with van der Waals surface area (Å²) in [6.07, 6.45) is 0. The summed E-state index contributed by atoms with van der Waals surface area (Å²) < 4.78 is 1.95. The Hall–Kier alpha value is -2.10. The van der Waals surface area contributed by atoms with Crippen molar-refractivity contribution in [2.45, 2.75) is 26.8 Å². The first-order chi connectivity index (χ1) is 9.08. The Morgan fingerprint density at radius 1 is 1.32 bits per heavy atom. The first-order valence-corrected chi connectivity index (χ1v) is 6.44. The van der Waals surface area contributed by atoms with Gasteiger partial charge in [0.05, 0.1) is 11.7 Å². The molecule has 1 amide bonds. The molecule has 1 heterocycles. The van der Waals surface area contributed by atoms with E-state index in [0.717, 1.165) is 11.4 Å². The van der Waals surface area contributed by atoms with E-state index in [0.29, 0.717) is 12.1 Å². The molecule has 0 spiro atoms. The Labute approximate surface area is 113 Å². The van der Waals surface area contributed by atoms with E-state index in [2.05, 4.69) is 10.4 Å². The number of aromatic nitrogens is 2. The van der Waals surface area contributed by atoms with E-state index in [4.69, 9.17) is 0 Å². The largest absolute Gasteiger partial charge is 0.350 e. The van der Waals surface area contributed by atoms with E-state index in [1.54, 1.807) is 0 Å². The zero-order valence-corrected chi connectivity index (χ0v) is 11.6. The lowest BCUT2D eigenvalue weighted by Gasteiger charge is -2.15. The van der Waals surface area contributed by atoms with E-state index in [-0.39, 0.29) is 11.9 Å². The molecule has 0 radical (unpaired) electrons. The number of hydrogen-bond acceptors (Lipinski definition) is 2. The number of amides is 1. The topological polar surface area (TPSA) is 46.9 Å². The van der Waals surface area contributed by atoms with Gasteiger partial charge in [-0.15, -0.1) is 0 Å². The number of nitrogens with zero attached hydrogens (tertiary/aromatic N) is 2. The summed E-state index contributed by atoms with van der Waals surface area (Å²) in [6.45, 7) is 6.61. The van der Waals surface area contributed by atoms with E-state index >= 15 is 0 Å². The average molecular weight is 257 g/mol. The number of nitrogens with one attached hydrogen (secondary N) is 1. The molecule has 100 valence electrons. The molecule has 2 aromatic rings. The molecular formula is C15H19N3O. The molecule has 2 rings (SSSR count). The second-order valence-corrected chi connectivity index (χ2v) is 4.80. The number of aryl methyl sites for hydroxylation is 2. The van der Waals surface area contributed by atoms with Gasteiger partial charge in [0.15, 0.2) is 0 Å². The standard InChI is InChI=1S/C15H19N3O/c1-11-9-12(2)18(17-11)13(3)10-16-15(19)14-7-5-4-6-8-14/h4-9,13H,10H2,1-3H3,(H,16,19)/t13-/m1/s1. The van der Waals surface area contributed by atoms with Gasteiger partial charge >= 0.3 is 0 Å². The molecule has 0 aliphatic carbocycles. The lowest BCUT2D eigenvalue weighted by molar-refractivity contribution is 0.0947. The van der Waals surface area contributed by atoms with Crippen LogP contribution < -0.4 is 5.32 Å².